The third-order valence-corrected chi connectivity index (χ3v) is 4.23. The molecular weight excluding hydrogens is 352 g/mol. The molecule has 0 amide bonds. The van der Waals surface area contributed by atoms with Crippen LogP contribution in [0.5, 0.6) is 5.75 Å². The van der Waals surface area contributed by atoms with Crippen molar-refractivity contribution in [2.24, 2.45) is 5.92 Å². The molecular formula is C24H32O4. The van der Waals surface area contributed by atoms with Gasteiger partial charge in [-0.05, 0) is 49.6 Å². The Morgan fingerprint density at radius 1 is 1.00 bits per heavy atom. The van der Waals surface area contributed by atoms with Gasteiger partial charge in [0.2, 0.25) is 0 Å². The topological polar surface area (TPSA) is 44.8 Å². The molecule has 2 rings (SSSR count). The molecule has 28 heavy (non-hydrogen) atoms. The molecule has 4 nitrogen and oxygen atoms in total. The van der Waals surface area contributed by atoms with Crippen molar-refractivity contribution < 1.29 is 19.0 Å². The average molecular weight is 385 g/mol. The zero-order valence-electron chi connectivity index (χ0n) is 17.3. The van der Waals surface area contributed by atoms with Gasteiger partial charge >= 0.3 is 0 Å². The van der Waals surface area contributed by atoms with Crippen molar-refractivity contribution >= 4 is 5.78 Å². The molecule has 0 heterocycles. The monoisotopic (exact) mass is 384 g/mol. The second-order valence-electron chi connectivity index (χ2n) is 6.73. The van der Waals surface area contributed by atoms with Gasteiger partial charge in [-0.3, -0.25) is 4.79 Å². The van der Waals surface area contributed by atoms with Crippen molar-refractivity contribution in [3.63, 3.8) is 0 Å². The minimum atomic E-state index is -0.0974. The second-order valence-corrected chi connectivity index (χ2v) is 6.73. The lowest BCUT2D eigenvalue weighted by atomic mass is 9.97. The molecule has 0 radical (unpaired) electrons. The highest BCUT2D eigenvalue weighted by atomic mass is 16.5. The Morgan fingerprint density at radius 3 is 2.43 bits per heavy atom. The number of hydrogen-bond donors (Lipinski definition) is 0. The Kier molecular flexibility index (Phi) is 9.40. The first kappa shape index (κ1) is 21.8. The fourth-order valence-electron chi connectivity index (χ4n) is 2.84. The van der Waals surface area contributed by atoms with E-state index < -0.39 is 0 Å². The first-order valence-corrected chi connectivity index (χ1v) is 10.3. The normalized spacial score (nSPS) is 16.5. The molecule has 0 fully saturated rings. The zero-order valence-corrected chi connectivity index (χ0v) is 17.3. The molecule has 0 bridgehead atoms. The molecule has 152 valence electrons. The maximum atomic E-state index is 12.8. The van der Waals surface area contributed by atoms with Crippen LogP contribution in [0.15, 0.2) is 60.1 Å². The molecule has 0 aromatic heterocycles. The maximum Gasteiger partial charge on any atom is 0.189 e. The van der Waals surface area contributed by atoms with Gasteiger partial charge < -0.3 is 14.2 Å². The van der Waals surface area contributed by atoms with Crippen LogP contribution in [0.2, 0.25) is 0 Å². The van der Waals surface area contributed by atoms with E-state index in [9.17, 15) is 4.79 Å². The fourth-order valence-corrected chi connectivity index (χ4v) is 2.84. The minimum absolute atomic E-state index is 0.0726. The van der Waals surface area contributed by atoms with Gasteiger partial charge in [-0.1, -0.05) is 39.0 Å². The van der Waals surface area contributed by atoms with E-state index in [0.29, 0.717) is 31.1 Å². The lowest BCUT2D eigenvalue weighted by molar-refractivity contribution is 0.104. The summed E-state index contributed by atoms with van der Waals surface area (Å²) in [7, 11) is 0. The average Bonchev–Trinajstić information content (AvgIpc) is 2.73. The van der Waals surface area contributed by atoms with Gasteiger partial charge in [0, 0.05) is 6.42 Å². The van der Waals surface area contributed by atoms with Crippen molar-refractivity contribution in [2.45, 2.75) is 46.5 Å². The summed E-state index contributed by atoms with van der Waals surface area (Å²) in [6.45, 7) is 8.16. The molecule has 1 atom stereocenters. The minimum Gasteiger partial charge on any atom is -0.498 e. The van der Waals surface area contributed by atoms with E-state index >= 15 is 0 Å². The summed E-state index contributed by atoms with van der Waals surface area (Å²) in [5, 5.41) is 0. The van der Waals surface area contributed by atoms with E-state index in [4.69, 9.17) is 14.2 Å². The van der Waals surface area contributed by atoms with E-state index in [1.54, 1.807) is 12.1 Å². The molecule has 0 aliphatic heterocycles. The predicted molar refractivity (Wildman–Crippen MR) is 112 cm³/mol. The van der Waals surface area contributed by atoms with Gasteiger partial charge in [0.15, 0.2) is 5.78 Å². The number of ether oxygens (including phenoxy) is 3. The Morgan fingerprint density at radius 2 is 1.68 bits per heavy atom. The predicted octanol–water partition coefficient (Wildman–Crippen LogP) is 5.86. The van der Waals surface area contributed by atoms with Gasteiger partial charge in [-0.15, -0.1) is 0 Å². The summed E-state index contributed by atoms with van der Waals surface area (Å²) in [5.41, 5.74) is 0.578. The number of para-hydroxylation sites is 1. The Balaban J connectivity index is 2.15. The summed E-state index contributed by atoms with van der Waals surface area (Å²) in [4.78, 5) is 12.8. The first-order valence-electron chi connectivity index (χ1n) is 10.3. The van der Waals surface area contributed by atoms with Gasteiger partial charge in [-0.2, -0.15) is 0 Å². The number of carbonyl (C=O) groups is 1. The van der Waals surface area contributed by atoms with Gasteiger partial charge in [0.05, 0.1) is 37.1 Å². The van der Waals surface area contributed by atoms with Crippen LogP contribution in [0.3, 0.4) is 0 Å². The molecule has 4 heteroatoms. The van der Waals surface area contributed by atoms with Crippen LogP contribution in [0, 0.1) is 5.92 Å². The van der Waals surface area contributed by atoms with E-state index in [0.717, 1.165) is 37.2 Å². The third-order valence-electron chi connectivity index (χ3n) is 4.23. The molecule has 1 unspecified atom stereocenters. The highest BCUT2D eigenvalue weighted by Gasteiger charge is 2.18. The van der Waals surface area contributed by atoms with E-state index in [2.05, 4.69) is 19.9 Å². The quantitative estimate of drug-likeness (QED) is 0.335. The van der Waals surface area contributed by atoms with Gasteiger partial charge in [-0.25, -0.2) is 0 Å². The second kappa shape index (κ2) is 12.1. The van der Waals surface area contributed by atoms with E-state index in [-0.39, 0.29) is 11.7 Å². The third kappa shape index (κ3) is 6.59. The fraction of sp³-hybridized carbons (Fsp3) is 0.458. The highest BCUT2D eigenvalue weighted by molar-refractivity contribution is 6.06. The summed E-state index contributed by atoms with van der Waals surface area (Å²) < 4.78 is 17.4. The summed E-state index contributed by atoms with van der Waals surface area (Å²) in [6, 6.07) is 7.37. The molecule has 1 aromatic rings. The number of hydrogen-bond acceptors (Lipinski definition) is 4. The smallest absolute Gasteiger partial charge is 0.189 e. The van der Waals surface area contributed by atoms with Crippen LogP contribution in [-0.2, 0) is 9.47 Å². The molecule has 0 saturated carbocycles. The number of carbonyl (C=O) groups excluding carboxylic acids is 1. The number of ketones is 1. The van der Waals surface area contributed by atoms with E-state index in [1.165, 1.54) is 0 Å². The Hall–Kier alpha value is -2.49. The van der Waals surface area contributed by atoms with Crippen molar-refractivity contribution in [2.75, 3.05) is 19.8 Å². The van der Waals surface area contributed by atoms with Crippen LogP contribution in [-0.4, -0.2) is 25.6 Å². The molecule has 0 spiro atoms. The Labute approximate surface area is 168 Å². The van der Waals surface area contributed by atoms with Crippen molar-refractivity contribution in [3.05, 3.63) is 65.7 Å². The molecule has 0 N–H and O–H groups in total. The van der Waals surface area contributed by atoms with Crippen LogP contribution >= 0.6 is 0 Å². The standard InChI is InChI=1S/C24H32O4/c1-4-15-26-20-12-14-23(27-16-5-2)19(18-20)11-13-22(25)21-9-7-8-10-24(21)28-17-6-3/h7-11,13-14,18-19H,4-6,12,15-17H2,1-3H3/b13-11+. The molecule has 1 aliphatic carbocycles. The summed E-state index contributed by atoms with van der Waals surface area (Å²) in [5.74, 6) is 2.27. The van der Waals surface area contributed by atoms with Crippen LogP contribution in [0.1, 0.15) is 56.8 Å². The molecule has 1 aromatic carbocycles. The van der Waals surface area contributed by atoms with Crippen molar-refractivity contribution in [1.29, 1.82) is 0 Å². The first-order chi connectivity index (χ1) is 13.7. The maximum absolute atomic E-state index is 12.8. The SMILES string of the molecule is CCCOC1=CC(/C=C/C(=O)c2ccccc2OCCC)C(OCCC)=CC1. The number of benzene rings is 1. The van der Waals surface area contributed by atoms with Crippen molar-refractivity contribution in [1.82, 2.24) is 0 Å². The van der Waals surface area contributed by atoms with Crippen LogP contribution < -0.4 is 4.74 Å². The lowest BCUT2D eigenvalue weighted by Gasteiger charge is -2.21. The largest absolute Gasteiger partial charge is 0.498 e. The van der Waals surface area contributed by atoms with Gasteiger partial charge in [0.1, 0.15) is 11.5 Å². The Bertz CT molecular complexity index is 715. The molecule has 1 aliphatic rings. The summed E-state index contributed by atoms with van der Waals surface area (Å²) in [6.07, 6.45) is 11.1. The lowest BCUT2D eigenvalue weighted by Crippen LogP contribution is -2.11. The van der Waals surface area contributed by atoms with Crippen LogP contribution in [0.25, 0.3) is 0 Å². The molecule has 0 saturated heterocycles. The number of allylic oxidation sites excluding steroid dienone is 3. The van der Waals surface area contributed by atoms with Crippen LogP contribution in [0.4, 0.5) is 0 Å². The van der Waals surface area contributed by atoms with Crippen molar-refractivity contribution in [3.8, 4) is 5.75 Å². The summed E-state index contributed by atoms with van der Waals surface area (Å²) >= 11 is 0. The number of rotatable bonds is 12. The van der Waals surface area contributed by atoms with Gasteiger partial charge in [0.25, 0.3) is 0 Å². The van der Waals surface area contributed by atoms with E-state index in [1.807, 2.05) is 37.3 Å². The zero-order chi connectivity index (χ0) is 20.2. The highest BCUT2D eigenvalue weighted by Crippen LogP contribution is 2.27.